The molecule has 0 atom stereocenters. The minimum atomic E-state index is -0.556. The molecule has 2 aromatic rings. The second-order valence-corrected chi connectivity index (χ2v) is 6.37. The Kier molecular flexibility index (Phi) is 6.38. The van der Waals surface area contributed by atoms with Gasteiger partial charge in [-0.2, -0.15) is 5.10 Å². The second kappa shape index (κ2) is 8.30. The first-order valence-corrected chi connectivity index (χ1v) is 8.38. The third kappa shape index (κ3) is 4.93. The molecule has 0 spiro atoms. The Hall–Kier alpha value is -2.13. The fraction of sp³-hybridized carbons (Fsp3) is 0.333. The summed E-state index contributed by atoms with van der Waals surface area (Å²) >= 11 is 9.15. The van der Waals surface area contributed by atoms with Crippen molar-refractivity contribution in [2.75, 3.05) is 13.2 Å². The van der Waals surface area contributed by atoms with Gasteiger partial charge in [0.25, 0.3) is 0 Å². The van der Waals surface area contributed by atoms with E-state index < -0.39 is 10.9 Å². The molecule has 10 heteroatoms. The lowest BCUT2D eigenvalue weighted by molar-refractivity contribution is -0.386. The number of aromatic nitrogens is 2. The number of rotatable bonds is 7. The molecule has 0 bridgehead atoms. The molecule has 25 heavy (non-hydrogen) atoms. The van der Waals surface area contributed by atoms with Crippen LogP contribution in [0.3, 0.4) is 0 Å². The van der Waals surface area contributed by atoms with Gasteiger partial charge in [0.1, 0.15) is 36.9 Å². The highest BCUT2D eigenvalue weighted by Gasteiger charge is 2.23. The number of hydrogen-bond donors (Lipinski definition) is 0. The third-order valence-corrected chi connectivity index (χ3v) is 4.16. The van der Waals surface area contributed by atoms with Crippen LogP contribution >= 0.6 is 27.5 Å². The lowest BCUT2D eigenvalue weighted by Gasteiger charge is -2.09. The molecule has 8 nitrogen and oxygen atoms in total. The summed E-state index contributed by atoms with van der Waals surface area (Å²) in [6, 6.07) is 5.07. The number of carbonyl (C=O) groups excluding carboxylic acids is 1. The molecule has 2 rings (SSSR count). The van der Waals surface area contributed by atoms with Crippen LogP contribution in [0.1, 0.15) is 11.4 Å². The van der Waals surface area contributed by atoms with Crippen molar-refractivity contribution in [2.45, 2.75) is 20.4 Å². The molecular weight excluding hydrogens is 418 g/mol. The van der Waals surface area contributed by atoms with Crippen molar-refractivity contribution >= 4 is 39.2 Å². The number of esters is 1. The third-order valence-electron chi connectivity index (χ3n) is 3.30. The zero-order valence-electron chi connectivity index (χ0n) is 13.5. The van der Waals surface area contributed by atoms with Crippen LogP contribution in [0.2, 0.25) is 5.02 Å². The van der Waals surface area contributed by atoms with Gasteiger partial charge in [-0.15, -0.1) is 0 Å². The van der Waals surface area contributed by atoms with Gasteiger partial charge in [0, 0.05) is 5.02 Å². The highest BCUT2D eigenvalue weighted by atomic mass is 79.9. The van der Waals surface area contributed by atoms with E-state index in [1.165, 1.54) is 18.5 Å². The summed E-state index contributed by atoms with van der Waals surface area (Å²) in [7, 11) is 0. The largest absolute Gasteiger partial charge is 0.489 e. The van der Waals surface area contributed by atoms with Gasteiger partial charge in [-0.25, -0.2) is 0 Å². The van der Waals surface area contributed by atoms with Crippen molar-refractivity contribution in [2.24, 2.45) is 0 Å². The monoisotopic (exact) mass is 431 g/mol. The van der Waals surface area contributed by atoms with Crippen LogP contribution < -0.4 is 4.74 Å². The Morgan fingerprint density at radius 1 is 1.40 bits per heavy atom. The van der Waals surface area contributed by atoms with Crippen LogP contribution in [0.25, 0.3) is 0 Å². The van der Waals surface area contributed by atoms with Gasteiger partial charge in [-0.1, -0.05) is 11.6 Å². The summed E-state index contributed by atoms with van der Waals surface area (Å²) in [5, 5.41) is 15.5. The SMILES string of the molecule is Cc1nn(CC(=O)OCCOc2ccc(Cl)cc2Br)c(C)c1[N+](=O)[O-]. The van der Waals surface area contributed by atoms with Crippen LogP contribution in [0.4, 0.5) is 5.69 Å². The molecule has 0 radical (unpaired) electrons. The molecule has 134 valence electrons. The Morgan fingerprint density at radius 2 is 2.12 bits per heavy atom. The van der Waals surface area contributed by atoms with E-state index in [1.807, 2.05) is 0 Å². The zero-order valence-corrected chi connectivity index (χ0v) is 15.8. The molecule has 0 saturated heterocycles. The van der Waals surface area contributed by atoms with Gasteiger partial charge >= 0.3 is 11.7 Å². The van der Waals surface area contributed by atoms with Gasteiger partial charge < -0.3 is 9.47 Å². The van der Waals surface area contributed by atoms with Gasteiger partial charge in [0.05, 0.1) is 9.40 Å². The van der Waals surface area contributed by atoms with Crippen molar-refractivity contribution in [3.63, 3.8) is 0 Å². The van der Waals surface area contributed by atoms with Gasteiger partial charge in [-0.05, 0) is 48.0 Å². The maximum atomic E-state index is 11.8. The van der Waals surface area contributed by atoms with Crippen molar-refractivity contribution in [3.8, 4) is 5.75 Å². The normalized spacial score (nSPS) is 10.6. The summed E-state index contributed by atoms with van der Waals surface area (Å²) in [4.78, 5) is 22.3. The quantitative estimate of drug-likeness (QED) is 0.288. The number of ether oxygens (including phenoxy) is 2. The van der Waals surface area contributed by atoms with Crippen molar-refractivity contribution in [1.82, 2.24) is 9.78 Å². The Bertz CT molecular complexity index is 809. The average Bonchev–Trinajstić information content (AvgIpc) is 2.79. The van der Waals surface area contributed by atoms with E-state index in [1.54, 1.807) is 18.2 Å². The lowest BCUT2D eigenvalue weighted by Crippen LogP contribution is -2.18. The molecule has 0 N–H and O–H groups in total. The fourth-order valence-corrected chi connectivity index (χ4v) is 2.97. The maximum absolute atomic E-state index is 11.8. The molecule has 0 fully saturated rings. The van der Waals surface area contributed by atoms with E-state index in [0.29, 0.717) is 20.9 Å². The number of nitro groups is 1. The van der Waals surface area contributed by atoms with E-state index in [9.17, 15) is 14.9 Å². The highest BCUT2D eigenvalue weighted by molar-refractivity contribution is 9.10. The molecule has 1 heterocycles. The summed E-state index contributed by atoms with van der Waals surface area (Å²) in [6.45, 7) is 3.04. The van der Waals surface area contributed by atoms with Gasteiger partial charge in [-0.3, -0.25) is 19.6 Å². The Labute approximate surface area is 156 Å². The maximum Gasteiger partial charge on any atom is 0.327 e. The molecule has 1 aromatic carbocycles. The first-order chi connectivity index (χ1) is 11.8. The van der Waals surface area contributed by atoms with Crippen LogP contribution in [0, 0.1) is 24.0 Å². The van der Waals surface area contributed by atoms with Crippen molar-refractivity contribution in [3.05, 3.63) is 49.2 Å². The first-order valence-electron chi connectivity index (χ1n) is 7.21. The Balaban J connectivity index is 1.83. The molecular formula is C15H15BrClN3O5. The highest BCUT2D eigenvalue weighted by Crippen LogP contribution is 2.27. The minimum Gasteiger partial charge on any atom is -0.489 e. The molecule has 0 aliphatic rings. The number of benzene rings is 1. The summed E-state index contributed by atoms with van der Waals surface area (Å²) in [6.07, 6.45) is 0. The minimum absolute atomic E-state index is 0.0370. The van der Waals surface area contributed by atoms with E-state index in [4.69, 9.17) is 21.1 Å². The number of aryl methyl sites for hydroxylation is 1. The Morgan fingerprint density at radius 3 is 2.72 bits per heavy atom. The second-order valence-electron chi connectivity index (χ2n) is 5.08. The standard InChI is InChI=1S/C15H15BrClN3O5/c1-9-15(20(22)23)10(2)19(18-9)8-14(21)25-6-5-24-13-4-3-11(17)7-12(13)16/h3-4,7H,5-6,8H2,1-2H3. The smallest absolute Gasteiger partial charge is 0.327 e. The number of hydrogen-bond acceptors (Lipinski definition) is 6. The molecule has 0 amide bonds. The topological polar surface area (TPSA) is 96.5 Å². The summed E-state index contributed by atoms with van der Waals surface area (Å²) in [5.41, 5.74) is 0.468. The predicted octanol–water partition coefficient (Wildman–Crippen LogP) is 3.45. The molecule has 0 unspecified atom stereocenters. The van der Waals surface area contributed by atoms with E-state index in [0.717, 1.165) is 0 Å². The predicted molar refractivity (Wildman–Crippen MR) is 94.0 cm³/mol. The first kappa shape index (κ1) is 19.2. The number of nitrogens with zero attached hydrogens (tertiary/aromatic N) is 3. The lowest BCUT2D eigenvalue weighted by atomic mass is 10.3. The van der Waals surface area contributed by atoms with Crippen LogP contribution in [-0.4, -0.2) is 33.9 Å². The molecule has 1 aromatic heterocycles. The number of halogens is 2. The molecule has 0 saturated carbocycles. The molecule has 0 aliphatic heterocycles. The van der Waals surface area contributed by atoms with Crippen molar-refractivity contribution < 1.29 is 19.2 Å². The fourth-order valence-electron chi connectivity index (χ4n) is 2.17. The zero-order chi connectivity index (χ0) is 18.6. The van der Waals surface area contributed by atoms with Crippen LogP contribution in [-0.2, 0) is 16.1 Å². The van der Waals surface area contributed by atoms with Gasteiger partial charge in [0.2, 0.25) is 0 Å². The van der Waals surface area contributed by atoms with E-state index in [-0.39, 0.29) is 31.1 Å². The number of carbonyl (C=O) groups is 1. The molecule has 0 aliphatic carbocycles. The van der Waals surface area contributed by atoms with Crippen molar-refractivity contribution in [1.29, 1.82) is 0 Å². The summed E-state index contributed by atoms with van der Waals surface area (Å²) in [5.74, 6) is 0.0221. The van der Waals surface area contributed by atoms with Crippen LogP contribution in [0.15, 0.2) is 22.7 Å². The summed E-state index contributed by atoms with van der Waals surface area (Å²) < 4.78 is 12.5. The van der Waals surface area contributed by atoms with E-state index in [2.05, 4.69) is 21.0 Å². The van der Waals surface area contributed by atoms with E-state index >= 15 is 0 Å². The van der Waals surface area contributed by atoms with Crippen LogP contribution in [0.5, 0.6) is 5.75 Å². The average molecular weight is 433 g/mol. The van der Waals surface area contributed by atoms with Gasteiger partial charge in [0.15, 0.2) is 0 Å².